The van der Waals surface area contributed by atoms with Crippen molar-refractivity contribution in [2.75, 3.05) is 31.2 Å². The van der Waals surface area contributed by atoms with Gasteiger partial charge in [-0.1, -0.05) is 88.7 Å². The summed E-state index contributed by atoms with van der Waals surface area (Å²) in [5.74, 6) is -3.30. The molecule has 11 heteroatoms. The van der Waals surface area contributed by atoms with Crippen molar-refractivity contribution < 1.29 is 33.8 Å². The number of aliphatic hydroxyl groups excluding tert-OH is 1. The quantitative estimate of drug-likeness (QED) is 0.0886. The Labute approximate surface area is 306 Å². The van der Waals surface area contributed by atoms with E-state index >= 15 is 0 Å². The molecule has 268 valence electrons. The van der Waals surface area contributed by atoms with Gasteiger partial charge < -0.3 is 29.7 Å². The number of anilines is 1. The van der Waals surface area contributed by atoms with E-state index in [1.807, 2.05) is 72.8 Å². The van der Waals surface area contributed by atoms with E-state index in [4.69, 9.17) is 9.47 Å². The highest BCUT2D eigenvalue weighted by Crippen LogP contribution is 2.60. The van der Waals surface area contributed by atoms with Crippen molar-refractivity contribution in [3.8, 4) is 0 Å². The fraction of sp³-hybridized carbons (Fsp3) is 0.400. The van der Waals surface area contributed by atoms with Crippen LogP contribution in [-0.2, 0) is 28.7 Å². The number of alkyl halides is 1. The average Bonchev–Trinajstić information content (AvgIpc) is 3.74. The Morgan fingerprint density at radius 2 is 1.80 bits per heavy atom. The summed E-state index contributed by atoms with van der Waals surface area (Å²) in [5, 5.41) is 14.6. The van der Waals surface area contributed by atoms with Crippen molar-refractivity contribution >= 4 is 56.1 Å². The van der Waals surface area contributed by atoms with Crippen LogP contribution in [0.4, 0.5) is 5.69 Å². The molecule has 0 saturated carbocycles. The van der Waals surface area contributed by atoms with Gasteiger partial charge in [-0.3, -0.25) is 19.2 Å². The summed E-state index contributed by atoms with van der Waals surface area (Å²) in [6, 6.07) is 21.2. The molecular formula is C40H44BrN3O7. The number of carbonyl (C=O) groups is 4. The first-order valence-corrected chi connectivity index (χ1v) is 18.4. The highest BCUT2D eigenvalue weighted by atomic mass is 79.9. The van der Waals surface area contributed by atoms with Crippen molar-refractivity contribution in [1.82, 2.24) is 10.2 Å². The monoisotopic (exact) mass is 757 g/mol. The Hall–Kier alpha value is -4.32. The van der Waals surface area contributed by atoms with Gasteiger partial charge in [0.25, 0.3) is 5.91 Å². The number of unbranched alkanes of at least 4 members (excludes halogenated alkanes) is 1. The molecule has 3 aromatic rings. The molecule has 3 fully saturated rings. The molecule has 1 spiro atoms. The first-order chi connectivity index (χ1) is 24.7. The second-order valence-corrected chi connectivity index (χ2v) is 14.6. The summed E-state index contributed by atoms with van der Waals surface area (Å²) in [7, 11) is 0. The van der Waals surface area contributed by atoms with Gasteiger partial charge in [-0.05, 0) is 54.2 Å². The average molecular weight is 759 g/mol. The standard InChI is InChI=1S/C40H44BrN3O7/c1-3-5-17-32(46)50-25-31(27-14-7-6-8-15-27)42-37(47)33-34-38(48)44(21-11-12-22-45)36(40(34)24-30(41)35(33)51-40)39(49)43(20-4-2)29-19-18-26-13-9-10-16-28(26)23-29/h3-4,6-10,13-16,18-19,23,30-31,33-36,45H,1-2,5,11-12,17,20-22,24-25H2,(H,42,47)/t30?,31-,33-,34+,35-,36-,40+/m0/s1. The second-order valence-electron chi connectivity index (χ2n) is 13.4. The minimum absolute atomic E-state index is 0.0546. The molecular weight excluding hydrogens is 714 g/mol. The van der Waals surface area contributed by atoms with Crippen LogP contribution in [-0.4, -0.2) is 82.6 Å². The smallest absolute Gasteiger partial charge is 0.306 e. The van der Waals surface area contributed by atoms with Gasteiger partial charge in [0.2, 0.25) is 11.8 Å². The predicted molar refractivity (Wildman–Crippen MR) is 198 cm³/mol. The van der Waals surface area contributed by atoms with Crippen LogP contribution in [0, 0.1) is 11.8 Å². The zero-order chi connectivity index (χ0) is 36.1. The van der Waals surface area contributed by atoms with E-state index in [0.29, 0.717) is 31.4 Å². The van der Waals surface area contributed by atoms with Crippen LogP contribution in [0.3, 0.4) is 0 Å². The zero-order valence-electron chi connectivity index (χ0n) is 28.5. The van der Waals surface area contributed by atoms with Crippen molar-refractivity contribution in [3.05, 3.63) is 104 Å². The summed E-state index contributed by atoms with van der Waals surface area (Å²) < 4.78 is 12.3. The van der Waals surface area contributed by atoms with Crippen molar-refractivity contribution in [3.63, 3.8) is 0 Å². The van der Waals surface area contributed by atoms with Gasteiger partial charge in [-0.15, -0.1) is 13.2 Å². The molecule has 3 aliphatic heterocycles. The maximum Gasteiger partial charge on any atom is 0.306 e. The number of halogens is 1. The molecule has 3 heterocycles. The molecule has 0 aliphatic carbocycles. The number of rotatable bonds is 16. The van der Waals surface area contributed by atoms with Crippen LogP contribution in [0.1, 0.15) is 43.7 Å². The fourth-order valence-electron chi connectivity index (χ4n) is 7.93. The molecule has 6 rings (SSSR count). The number of nitrogens with zero attached hydrogens (tertiary/aromatic N) is 2. The first kappa shape index (κ1) is 36.5. The summed E-state index contributed by atoms with van der Waals surface area (Å²) in [6.45, 7) is 7.83. The number of benzene rings is 3. The lowest BCUT2D eigenvalue weighted by Gasteiger charge is -2.37. The summed E-state index contributed by atoms with van der Waals surface area (Å²) in [6.07, 6.45) is 4.54. The van der Waals surface area contributed by atoms with Crippen molar-refractivity contribution in [2.45, 2.75) is 60.7 Å². The third-order valence-corrected chi connectivity index (χ3v) is 11.1. The summed E-state index contributed by atoms with van der Waals surface area (Å²) in [5.41, 5.74) is 0.124. The van der Waals surface area contributed by atoms with Crippen LogP contribution in [0.5, 0.6) is 0 Å². The molecule has 2 bridgehead atoms. The molecule has 2 N–H and O–H groups in total. The molecule has 0 aromatic heterocycles. The third kappa shape index (κ3) is 7.11. The zero-order valence-corrected chi connectivity index (χ0v) is 30.1. The summed E-state index contributed by atoms with van der Waals surface area (Å²) in [4.78, 5) is 59.3. The molecule has 10 nitrogen and oxygen atoms in total. The highest BCUT2D eigenvalue weighted by molar-refractivity contribution is 9.09. The van der Waals surface area contributed by atoms with Gasteiger partial charge in [-0.25, -0.2) is 0 Å². The second kappa shape index (κ2) is 15.9. The number of fused-ring (bicyclic) bond motifs is 2. The number of nitrogens with one attached hydrogen (secondary N) is 1. The number of aliphatic hydroxyl groups is 1. The molecule has 7 atom stereocenters. The van der Waals surface area contributed by atoms with Crippen molar-refractivity contribution in [1.29, 1.82) is 0 Å². The third-order valence-electron chi connectivity index (χ3n) is 10.2. The number of esters is 1. The van der Waals surface area contributed by atoms with Gasteiger partial charge in [0.15, 0.2) is 0 Å². The lowest BCUT2D eigenvalue weighted by Crippen LogP contribution is -2.57. The van der Waals surface area contributed by atoms with E-state index in [1.54, 1.807) is 22.0 Å². The van der Waals surface area contributed by atoms with Crippen LogP contribution >= 0.6 is 15.9 Å². The molecule has 3 saturated heterocycles. The van der Waals surface area contributed by atoms with E-state index in [0.717, 1.165) is 16.3 Å². The molecule has 3 aromatic carbocycles. The fourth-order valence-corrected chi connectivity index (χ4v) is 8.87. The Morgan fingerprint density at radius 3 is 2.53 bits per heavy atom. The van der Waals surface area contributed by atoms with Crippen LogP contribution in [0.15, 0.2) is 98.1 Å². The van der Waals surface area contributed by atoms with Gasteiger partial charge >= 0.3 is 5.97 Å². The Morgan fingerprint density at radius 1 is 1.06 bits per heavy atom. The van der Waals surface area contributed by atoms with E-state index in [-0.39, 0.29) is 49.4 Å². The van der Waals surface area contributed by atoms with E-state index < -0.39 is 47.5 Å². The largest absolute Gasteiger partial charge is 0.463 e. The molecule has 3 amide bonds. The van der Waals surface area contributed by atoms with Crippen LogP contribution in [0.2, 0.25) is 0 Å². The normalized spacial score (nSPS) is 25.3. The van der Waals surface area contributed by atoms with Gasteiger partial charge in [0.05, 0.1) is 24.0 Å². The Kier molecular flexibility index (Phi) is 11.4. The van der Waals surface area contributed by atoms with Gasteiger partial charge in [-0.2, -0.15) is 0 Å². The number of amides is 3. The highest BCUT2D eigenvalue weighted by Gasteiger charge is 2.76. The number of ether oxygens (including phenoxy) is 2. The van der Waals surface area contributed by atoms with E-state index in [9.17, 15) is 24.3 Å². The number of hydrogen-bond acceptors (Lipinski definition) is 7. The van der Waals surface area contributed by atoms with Crippen LogP contribution in [0.25, 0.3) is 10.8 Å². The lowest BCUT2D eigenvalue weighted by molar-refractivity contribution is -0.145. The SMILES string of the molecule is C=CCCC(=O)OC[C@H](NC(=O)[C@@H]1[C@H]2O[C@@]3(CC2Br)[C@H](C(=O)N(CC=C)c2ccc4ccccc4c2)N(CCCCO)C(=O)[C@@H]13)c1ccccc1. The number of hydrogen-bond donors (Lipinski definition) is 2. The van der Waals surface area contributed by atoms with Crippen molar-refractivity contribution in [2.24, 2.45) is 11.8 Å². The minimum atomic E-state index is -1.27. The first-order valence-electron chi connectivity index (χ1n) is 17.5. The number of carbonyl (C=O) groups excluding carboxylic acids is 4. The number of likely N-dealkylation sites (tertiary alicyclic amines) is 1. The minimum Gasteiger partial charge on any atom is -0.463 e. The maximum atomic E-state index is 14.9. The summed E-state index contributed by atoms with van der Waals surface area (Å²) >= 11 is 3.75. The lowest BCUT2D eigenvalue weighted by atomic mass is 9.70. The number of allylic oxidation sites excluding steroid dienone is 1. The topological polar surface area (TPSA) is 125 Å². The van der Waals surface area contributed by atoms with E-state index in [1.165, 1.54) is 0 Å². The van der Waals surface area contributed by atoms with Crippen LogP contribution < -0.4 is 10.2 Å². The Bertz CT molecular complexity index is 1790. The predicted octanol–water partition coefficient (Wildman–Crippen LogP) is 5.25. The molecule has 1 unspecified atom stereocenters. The van der Waals surface area contributed by atoms with Gasteiger partial charge in [0, 0.05) is 36.6 Å². The molecule has 0 radical (unpaired) electrons. The van der Waals surface area contributed by atoms with Gasteiger partial charge in [0.1, 0.15) is 18.2 Å². The van der Waals surface area contributed by atoms with E-state index in [2.05, 4.69) is 34.4 Å². The molecule has 51 heavy (non-hydrogen) atoms. The maximum absolute atomic E-state index is 14.9. The Balaban J connectivity index is 1.33. The molecule has 3 aliphatic rings.